The topological polar surface area (TPSA) is 116 Å². The molecule has 0 aromatic heterocycles. The number of rotatable bonds is 5. The molecular formula is C14H19N3O5. The van der Waals surface area contributed by atoms with Gasteiger partial charge in [-0.05, 0) is 30.4 Å². The van der Waals surface area contributed by atoms with Gasteiger partial charge in [0.25, 0.3) is 5.69 Å². The van der Waals surface area contributed by atoms with Gasteiger partial charge in [-0.1, -0.05) is 6.07 Å². The second-order valence-electron chi connectivity index (χ2n) is 5.38. The first-order valence-electron chi connectivity index (χ1n) is 7.11. The van der Waals surface area contributed by atoms with E-state index in [0.29, 0.717) is 30.9 Å². The smallest absolute Gasteiger partial charge is 0.407 e. The van der Waals surface area contributed by atoms with Crippen molar-refractivity contribution in [3.63, 3.8) is 0 Å². The van der Waals surface area contributed by atoms with Crippen LogP contribution in [0.25, 0.3) is 0 Å². The Kier molecular flexibility index (Phi) is 5.16. The lowest BCUT2D eigenvalue weighted by atomic mass is 9.98. The molecule has 1 amide bonds. The van der Waals surface area contributed by atoms with Crippen molar-refractivity contribution in [1.29, 1.82) is 0 Å². The Hall–Kier alpha value is -2.35. The van der Waals surface area contributed by atoms with Gasteiger partial charge in [-0.2, -0.15) is 0 Å². The van der Waals surface area contributed by atoms with E-state index in [2.05, 4.69) is 5.32 Å². The molecule has 1 aliphatic heterocycles. The van der Waals surface area contributed by atoms with Gasteiger partial charge in [0.05, 0.1) is 11.5 Å². The molecule has 8 nitrogen and oxygen atoms in total. The van der Waals surface area contributed by atoms with Crippen molar-refractivity contribution in [1.82, 2.24) is 4.90 Å². The summed E-state index contributed by atoms with van der Waals surface area (Å²) < 4.78 is 0. The van der Waals surface area contributed by atoms with E-state index in [4.69, 9.17) is 10.2 Å². The van der Waals surface area contributed by atoms with Gasteiger partial charge in [0.15, 0.2) is 0 Å². The minimum atomic E-state index is -0.928. The number of benzene rings is 1. The third kappa shape index (κ3) is 3.85. The summed E-state index contributed by atoms with van der Waals surface area (Å²) in [5.41, 5.74) is 0.777. The van der Waals surface area contributed by atoms with E-state index < -0.39 is 11.0 Å². The second-order valence-corrected chi connectivity index (χ2v) is 5.38. The van der Waals surface area contributed by atoms with Crippen LogP contribution in [-0.4, -0.2) is 45.8 Å². The Labute approximate surface area is 127 Å². The van der Waals surface area contributed by atoms with E-state index in [9.17, 15) is 14.9 Å². The largest absolute Gasteiger partial charge is 0.465 e. The number of likely N-dealkylation sites (tertiary alicyclic amines) is 1. The number of anilines is 1. The number of amides is 1. The van der Waals surface area contributed by atoms with Gasteiger partial charge in [-0.25, -0.2) is 4.79 Å². The van der Waals surface area contributed by atoms with E-state index in [1.165, 1.54) is 11.0 Å². The van der Waals surface area contributed by atoms with Gasteiger partial charge in [0.1, 0.15) is 5.69 Å². The standard InChI is InChI=1S/C14H19N3O5/c18-9-10-3-4-12(13(6-10)17(21)22)15-7-11-2-1-5-16(8-11)14(19)20/h3-4,6,11,15,18H,1-2,5,7-9H2,(H,19,20)/t11-/m1/s1. The van der Waals surface area contributed by atoms with Gasteiger partial charge in [0.2, 0.25) is 0 Å². The van der Waals surface area contributed by atoms with Crippen LogP contribution in [0.15, 0.2) is 18.2 Å². The Balaban J connectivity index is 2.02. The van der Waals surface area contributed by atoms with Gasteiger partial charge in [0, 0.05) is 25.7 Å². The lowest BCUT2D eigenvalue weighted by molar-refractivity contribution is -0.384. The van der Waals surface area contributed by atoms with E-state index in [-0.39, 0.29) is 18.2 Å². The van der Waals surface area contributed by atoms with Gasteiger partial charge < -0.3 is 20.4 Å². The predicted molar refractivity (Wildman–Crippen MR) is 79.8 cm³/mol. The number of aliphatic hydroxyl groups is 1. The minimum Gasteiger partial charge on any atom is -0.465 e. The summed E-state index contributed by atoms with van der Waals surface area (Å²) in [5, 5.41) is 32.2. The molecule has 22 heavy (non-hydrogen) atoms. The molecule has 120 valence electrons. The van der Waals surface area contributed by atoms with Crippen LogP contribution in [0, 0.1) is 16.0 Å². The zero-order valence-electron chi connectivity index (χ0n) is 12.1. The SMILES string of the molecule is O=C(O)N1CCC[C@H](CNc2ccc(CO)cc2[N+](=O)[O-])C1. The monoisotopic (exact) mass is 309 g/mol. The van der Waals surface area contributed by atoms with Crippen molar-refractivity contribution in [3.05, 3.63) is 33.9 Å². The van der Waals surface area contributed by atoms with Crippen LogP contribution >= 0.6 is 0 Å². The Morgan fingerprint density at radius 2 is 2.27 bits per heavy atom. The molecule has 1 atom stereocenters. The van der Waals surface area contributed by atoms with Crippen molar-refractivity contribution < 1.29 is 19.9 Å². The lowest BCUT2D eigenvalue weighted by Crippen LogP contribution is -2.41. The Morgan fingerprint density at radius 3 is 2.91 bits per heavy atom. The summed E-state index contributed by atoms with van der Waals surface area (Å²) in [6.07, 6.45) is 0.756. The molecule has 0 bridgehead atoms. The van der Waals surface area contributed by atoms with Gasteiger partial charge >= 0.3 is 6.09 Å². The van der Waals surface area contributed by atoms with E-state index in [1.807, 2.05) is 0 Å². The number of nitrogens with one attached hydrogen (secondary N) is 1. The number of nitro groups is 1. The normalized spacial score (nSPS) is 18.0. The van der Waals surface area contributed by atoms with Crippen LogP contribution in [0.2, 0.25) is 0 Å². The quantitative estimate of drug-likeness (QED) is 0.565. The minimum absolute atomic E-state index is 0.0857. The summed E-state index contributed by atoms with van der Waals surface area (Å²) in [7, 11) is 0. The van der Waals surface area contributed by atoms with Crippen molar-refractivity contribution in [2.45, 2.75) is 19.4 Å². The van der Waals surface area contributed by atoms with Crippen molar-refractivity contribution in [2.24, 2.45) is 5.92 Å². The fourth-order valence-corrected chi connectivity index (χ4v) is 2.64. The van der Waals surface area contributed by atoms with Crippen molar-refractivity contribution in [2.75, 3.05) is 25.0 Å². The molecule has 2 rings (SSSR count). The molecule has 8 heteroatoms. The first kappa shape index (κ1) is 16.0. The number of carboxylic acid groups (broad SMARTS) is 1. The molecule has 0 radical (unpaired) electrons. The van der Waals surface area contributed by atoms with Crippen LogP contribution in [0.3, 0.4) is 0 Å². The lowest BCUT2D eigenvalue weighted by Gasteiger charge is -2.30. The molecule has 0 spiro atoms. The van der Waals surface area contributed by atoms with Crippen LogP contribution in [0.4, 0.5) is 16.2 Å². The molecule has 1 aromatic carbocycles. The Bertz CT molecular complexity index is 563. The van der Waals surface area contributed by atoms with Crippen LogP contribution in [0.1, 0.15) is 18.4 Å². The molecule has 0 saturated carbocycles. The Morgan fingerprint density at radius 1 is 1.50 bits per heavy atom. The number of hydrogen-bond acceptors (Lipinski definition) is 5. The van der Waals surface area contributed by atoms with Crippen LogP contribution in [-0.2, 0) is 6.61 Å². The van der Waals surface area contributed by atoms with Gasteiger partial charge in [-0.3, -0.25) is 10.1 Å². The number of aliphatic hydroxyl groups excluding tert-OH is 1. The van der Waals surface area contributed by atoms with E-state index >= 15 is 0 Å². The average Bonchev–Trinajstić information content (AvgIpc) is 2.52. The molecule has 0 aliphatic carbocycles. The number of carbonyl (C=O) groups is 1. The molecule has 1 heterocycles. The summed E-state index contributed by atoms with van der Waals surface area (Å²) in [6.45, 7) is 1.20. The molecular weight excluding hydrogens is 290 g/mol. The number of nitrogens with zero attached hydrogens (tertiary/aromatic N) is 2. The summed E-state index contributed by atoms with van der Waals surface area (Å²) in [6, 6.07) is 4.54. The fraction of sp³-hybridized carbons (Fsp3) is 0.500. The first-order valence-corrected chi connectivity index (χ1v) is 7.11. The highest BCUT2D eigenvalue weighted by molar-refractivity contribution is 5.65. The highest BCUT2D eigenvalue weighted by Gasteiger charge is 2.24. The number of hydrogen-bond donors (Lipinski definition) is 3. The van der Waals surface area contributed by atoms with Gasteiger partial charge in [-0.15, -0.1) is 0 Å². The molecule has 1 aliphatic rings. The molecule has 1 fully saturated rings. The molecule has 1 saturated heterocycles. The summed E-state index contributed by atoms with van der Waals surface area (Å²) in [5.74, 6) is 0.127. The van der Waals surface area contributed by atoms with Crippen LogP contribution < -0.4 is 5.32 Å². The van der Waals surface area contributed by atoms with Crippen molar-refractivity contribution in [3.8, 4) is 0 Å². The highest BCUT2D eigenvalue weighted by Crippen LogP contribution is 2.26. The summed E-state index contributed by atoms with van der Waals surface area (Å²) >= 11 is 0. The third-order valence-electron chi connectivity index (χ3n) is 3.81. The molecule has 3 N–H and O–H groups in total. The van der Waals surface area contributed by atoms with Crippen LogP contribution in [0.5, 0.6) is 0 Å². The average molecular weight is 309 g/mol. The third-order valence-corrected chi connectivity index (χ3v) is 3.81. The maximum Gasteiger partial charge on any atom is 0.407 e. The highest BCUT2D eigenvalue weighted by atomic mass is 16.6. The maximum atomic E-state index is 11.1. The zero-order chi connectivity index (χ0) is 16.1. The van der Waals surface area contributed by atoms with E-state index in [0.717, 1.165) is 12.8 Å². The molecule has 0 unspecified atom stereocenters. The van der Waals surface area contributed by atoms with E-state index in [1.54, 1.807) is 12.1 Å². The predicted octanol–water partition coefficient (Wildman–Crippen LogP) is 1.89. The second kappa shape index (κ2) is 7.08. The maximum absolute atomic E-state index is 11.1. The first-order chi connectivity index (χ1) is 10.5. The fourth-order valence-electron chi connectivity index (χ4n) is 2.64. The number of nitro benzene ring substituents is 1. The zero-order valence-corrected chi connectivity index (χ0v) is 12.1. The number of piperidine rings is 1. The molecule has 1 aromatic rings. The van der Waals surface area contributed by atoms with Crippen molar-refractivity contribution >= 4 is 17.5 Å². The summed E-state index contributed by atoms with van der Waals surface area (Å²) in [4.78, 5) is 22.9.